The highest BCUT2D eigenvalue weighted by Crippen LogP contribution is 2.25. The Morgan fingerprint density at radius 1 is 1.50 bits per heavy atom. The number of benzene rings is 1. The Morgan fingerprint density at radius 3 is 2.95 bits per heavy atom. The molecule has 1 aromatic heterocycles. The number of hydrogen-bond acceptors (Lipinski definition) is 3. The summed E-state index contributed by atoms with van der Waals surface area (Å²) in [6.45, 7) is 3.38. The van der Waals surface area contributed by atoms with Crippen LogP contribution < -0.4 is 10.1 Å². The second kappa shape index (κ2) is 7.11. The van der Waals surface area contributed by atoms with E-state index >= 15 is 0 Å². The van der Waals surface area contributed by atoms with E-state index in [4.69, 9.17) is 16.3 Å². The molecule has 0 aliphatic heterocycles. The maximum Gasteiger partial charge on any atom is 0.120 e. The molecule has 0 bridgehead atoms. The first-order valence-electron chi connectivity index (χ1n) is 6.42. The molecule has 0 amide bonds. The Morgan fingerprint density at radius 2 is 2.30 bits per heavy atom. The number of aryl methyl sites for hydroxylation is 1. The van der Waals surface area contributed by atoms with Gasteiger partial charge in [-0.25, -0.2) is 0 Å². The van der Waals surface area contributed by atoms with Gasteiger partial charge < -0.3 is 10.1 Å². The number of hydrogen-bond donors (Lipinski definition) is 1. The maximum atomic E-state index is 5.95. The Kier molecular flexibility index (Phi) is 5.46. The van der Waals surface area contributed by atoms with Gasteiger partial charge in [0, 0.05) is 11.6 Å². The van der Waals surface area contributed by atoms with Gasteiger partial charge in [0.25, 0.3) is 0 Å². The summed E-state index contributed by atoms with van der Waals surface area (Å²) in [6.07, 6.45) is 1.81. The van der Waals surface area contributed by atoms with Crippen molar-refractivity contribution in [3.8, 4) is 5.75 Å². The number of rotatable bonds is 6. The topological polar surface area (TPSA) is 39.1 Å². The quantitative estimate of drug-likeness (QED) is 0.856. The molecule has 0 fully saturated rings. The van der Waals surface area contributed by atoms with Gasteiger partial charge in [-0.3, -0.25) is 4.68 Å². The number of nitrogens with one attached hydrogen (secondary N) is 1. The minimum Gasteiger partial charge on any atom is -0.491 e. The molecule has 4 nitrogen and oxygen atoms in total. The fraction of sp³-hybridized carbons (Fsp3) is 0.357. The third-order valence-corrected chi connectivity index (χ3v) is 3.87. The molecule has 108 valence electrons. The monoisotopic (exact) mass is 357 g/mol. The molecule has 0 saturated carbocycles. The predicted octanol–water partition coefficient (Wildman–Crippen LogP) is 3.66. The van der Waals surface area contributed by atoms with Gasteiger partial charge in [-0.15, -0.1) is 0 Å². The van der Waals surface area contributed by atoms with Gasteiger partial charge in [-0.1, -0.05) is 17.7 Å². The van der Waals surface area contributed by atoms with Crippen molar-refractivity contribution < 1.29 is 4.74 Å². The second-order valence-electron chi connectivity index (χ2n) is 4.30. The first-order valence-corrected chi connectivity index (χ1v) is 7.59. The van der Waals surface area contributed by atoms with Crippen LogP contribution in [0.2, 0.25) is 5.02 Å². The number of likely N-dealkylation sites (N-methyl/N-ethyl adjacent to an activating group) is 1. The van der Waals surface area contributed by atoms with Crippen LogP contribution in [0.4, 0.5) is 0 Å². The van der Waals surface area contributed by atoms with Crippen molar-refractivity contribution in [2.75, 3.05) is 13.7 Å². The summed E-state index contributed by atoms with van der Waals surface area (Å²) in [5, 5.41) is 8.25. The average molecular weight is 359 g/mol. The van der Waals surface area contributed by atoms with E-state index in [9.17, 15) is 0 Å². The smallest absolute Gasteiger partial charge is 0.120 e. The first-order chi connectivity index (χ1) is 9.65. The molecular formula is C14H17BrClN3O. The van der Waals surface area contributed by atoms with Crippen LogP contribution in [0.25, 0.3) is 0 Å². The largest absolute Gasteiger partial charge is 0.491 e. The van der Waals surface area contributed by atoms with E-state index < -0.39 is 0 Å². The molecule has 0 radical (unpaired) electrons. The van der Waals surface area contributed by atoms with Crippen LogP contribution in [-0.2, 0) is 6.54 Å². The molecule has 1 atom stereocenters. The van der Waals surface area contributed by atoms with Gasteiger partial charge in [0.15, 0.2) is 0 Å². The van der Waals surface area contributed by atoms with Crippen molar-refractivity contribution in [2.24, 2.45) is 0 Å². The van der Waals surface area contributed by atoms with E-state index in [1.165, 1.54) is 0 Å². The first kappa shape index (κ1) is 15.4. The summed E-state index contributed by atoms with van der Waals surface area (Å²) in [4.78, 5) is 0. The van der Waals surface area contributed by atoms with Crippen molar-refractivity contribution in [3.05, 3.63) is 45.7 Å². The standard InChI is InChI=1S/C14H17BrClN3O/c1-3-19-14(12(15)8-18-19)13(17-2)9-20-11-6-4-5-10(16)7-11/h4-8,13,17H,3,9H2,1-2H3. The summed E-state index contributed by atoms with van der Waals surface area (Å²) in [7, 11) is 1.91. The summed E-state index contributed by atoms with van der Waals surface area (Å²) in [5.41, 5.74) is 1.08. The van der Waals surface area contributed by atoms with Gasteiger partial charge >= 0.3 is 0 Å². The van der Waals surface area contributed by atoms with Gasteiger partial charge in [0.1, 0.15) is 12.4 Å². The summed E-state index contributed by atoms with van der Waals surface area (Å²) < 4.78 is 8.74. The van der Waals surface area contributed by atoms with Gasteiger partial charge in [-0.05, 0) is 48.1 Å². The molecule has 2 rings (SSSR count). The summed E-state index contributed by atoms with van der Waals surface area (Å²) in [5.74, 6) is 0.761. The highest BCUT2D eigenvalue weighted by Gasteiger charge is 2.18. The van der Waals surface area contributed by atoms with E-state index in [2.05, 4.69) is 33.3 Å². The molecule has 0 saturated heterocycles. The van der Waals surface area contributed by atoms with E-state index in [1.54, 1.807) is 6.07 Å². The lowest BCUT2D eigenvalue weighted by Gasteiger charge is -2.19. The van der Waals surface area contributed by atoms with Crippen LogP contribution in [0.1, 0.15) is 18.7 Å². The number of ether oxygens (including phenoxy) is 1. The predicted molar refractivity (Wildman–Crippen MR) is 84.3 cm³/mol. The lowest BCUT2D eigenvalue weighted by atomic mass is 10.2. The maximum absolute atomic E-state index is 5.95. The molecule has 1 heterocycles. The molecule has 1 unspecified atom stereocenters. The average Bonchev–Trinajstić information content (AvgIpc) is 2.81. The zero-order valence-corrected chi connectivity index (χ0v) is 13.8. The van der Waals surface area contributed by atoms with Crippen molar-refractivity contribution >= 4 is 27.5 Å². The van der Waals surface area contributed by atoms with E-state index in [0.29, 0.717) is 11.6 Å². The normalized spacial score (nSPS) is 12.4. The molecule has 0 aliphatic carbocycles. The molecule has 0 aliphatic rings. The second-order valence-corrected chi connectivity index (χ2v) is 5.59. The SMILES string of the molecule is CCn1ncc(Br)c1C(COc1cccc(Cl)c1)NC. The fourth-order valence-electron chi connectivity index (χ4n) is 2.01. The highest BCUT2D eigenvalue weighted by molar-refractivity contribution is 9.10. The minimum absolute atomic E-state index is 0.0470. The third kappa shape index (κ3) is 3.53. The van der Waals surface area contributed by atoms with E-state index in [-0.39, 0.29) is 6.04 Å². The fourth-order valence-corrected chi connectivity index (χ4v) is 2.76. The van der Waals surface area contributed by atoms with Crippen LogP contribution in [0.15, 0.2) is 34.9 Å². The van der Waals surface area contributed by atoms with Crippen LogP contribution >= 0.6 is 27.5 Å². The van der Waals surface area contributed by atoms with Crippen molar-refractivity contribution in [2.45, 2.75) is 19.5 Å². The molecule has 0 spiro atoms. The third-order valence-electron chi connectivity index (χ3n) is 3.02. The Bertz CT molecular complexity index is 573. The van der Waals surface area contributed by atoms with E-state index in [0.717, 1.165) is 22.5 Å². The summed E-state index contributed by atoms with van der Waals surface area (Å²) in [6, 6.07) is 7.45. The number of nitrogens with zero attached hydrogens (tertiary/aromatic N) is 2. The summed E-state index contributed by atoms with van der Waals surface area (Å²) >= 11 is 9.49. The Balaban J connectivity index is 2.11. The molecule has 1 aromatic carbocycles. The number of aromatic nitrogens is 2. The molecule has 6 heteroatoms. The molecule has 2 aromatic rings. The Hall–Kier alpha value is -1.04. The van der Waals surface area contributed by atoms with Gasteiger partial charge in [0.05, 0.1) is 22.4 Å². The highest BCUT2D eigenvalue weighted by atomic mass is 79.9. The lowest BCUT2D eigenvalue weighted by molar-refractivity contribution is 0.265. The van der Waals surface area contributed by atoms with Crippen LogP contribution in [0.5, 0.6) is 5.75 Å². The Labute approximate surface area is 132 Å². The lowest BCUT2D eigenvalue weighted by Crippen LogP contribution is -2.26. The number of halogens is 2. The van der Waals surface area contributed by atoms with Crippen molar-refractivity contribution in [1.29, 1.82) is 0 Å². The zero-order chi connectivity index (χ0) is 14.5. The molecule has 1 N–H and O–H groups in total. The molecule has 20 heavy (non-hydrogen) atoms. The van der Waals surface area contributed by atoms with Crippen molar-refractivity contribution in [3.63, 3.8) is 0 Å². The van der Waals surface area contributed by atoms with Gasteiger partial charge in [-0.2, -0.15) is 5.10 Å². The zero-order valence-electron chi connectivity index (χ0n) is 11.4. The van der Waals surface area contributed by atoms with E-state index in [1.807, 2.05) is 36.1 Å². The van der Waals surface area contributed by atoms with Crippen LogP contribution in [0, 0.1) is 0 Å². The van der Waals surface area contributed by atoms with Gasteiger partial charge in [0.2, 0.25) is 0 Å². The van der Waals surface area contributed by atoms with Crippen LogP contribution in [0.3, 0.4) is 0 Å². The van der Waals surface area contributed by atoms with Crippen LogP contribution in [-0.4, -0.2) is 23.4 Å². The van der Waals surface area contributed by atoms with Crippen molar-refractivity contribution in [1.82, 2.24) is 15.1 Å². The minimum atomic E-state index is 0.0470. The molecular weight excluding hydrogens is 342 g/mol.